The molecule has 29 heavy (non-hydrogen) atoms. The van der Waals surface area contributed by atoms with E-state index in [0.29, 0.717) is 58.8 Å². The number of fused-ring (bicyclic) bond motifs is 1. The summed E-state index contributed by atoms with van der Waals surface area (Å²) in [5, 5.41) is 1.48. The van der Waals surface area contributed by atoms with Crippen LogP contribution >= 0.6 is 23.2 Å². The standard InChI is InChI=1S/C20H19Cl2N5O2/c1-13-24-17-5-3-2-4-15(17)20(29)27(13)12-18(28)25-6-8-26(9-7-25)19-16(22)10-14(21)11-23-19/h2-5,10-11H,6-9,12H2,1H3. The van der Waals surface area contributed by atoms with Crippen molar-refractivity contribution in [2.24, 2.45) is 0 Å². The van der Waals surface area contributed by atoms with Gasteiger partial charge in [-0.3, -0.25) is 14.2 Å². The fraction of sp³-hybridized carbons (Fsp3) is 0.300. The fourth-order valence-electron chi connectivity index (χ4n) is 3.51. The third-order valence-electron chi connectivity index (χ3n) is 5.07. The lowest BCUT2D eigenvalue weighted by atomic mass is 10.2. The predicted octanol–water partition coefficient (Wildman–Crippen LogP) is 2.76. The van der Waals surface area contributed by atoms with Crippen LogP contribution in [0.5, 0.6) is 0 Å². The van der Waals surface area contributed by atoms with Gasteiger partial charge in [0, 0.05) is 32.4 Å². The van der Waals surface area contributed by atoms with E-state index in [-0.39, 0.29) is 18.0 Å². The third kappa shape index (κ3) is 3.93. The van der Waals surface area contributed by atoms with Crippen LogP contribution in [0.4, 0.5) is 5.82 Å². The first-order valence-corrected chi connectivity index (χ1v) is 9.99. The van der Waals surface area contributed by atoms with E-state index in [1.165, 1.54) is 4.57 Å². The molecule has 1 fully saturated rings. The molecule has 0 radical (unpaired) electrons. The molecule has 2 aromatic heterocycles. The van der Waals surface area contributed by atoms with Crippen LogP contribution in [-0.4, -0.2) is 51.5 Å². The number of amides is 1. The van der Waals surface area contributed by atoms with Gasteiger partial charge in [-0.2, -0.15) is 0 Å². The Bertz CT molecular complexity index is 1140. The predicted molar refractivity (Wildman–Crippen MR) is 114 cm³/mol. The van der Waals surface area contributed by atoms with Crippen LogP contribution in [0, 0.1) is 6.92 Å². The van der Waals surface area contributed by atoms with Gasteiger partial charge in [0.25, 0.3) is 5.56 Å². The molecule has 1 aliphatic rings. The number of carbonyl (C=O) groups excluding carboxylic acids is 1. The number of hydrogen-bond acceptors (Lipinski definition) is 5. The SMILES string of the molecule is Cc1nc2ccccc2c(=O)n1CC(=O)N1CCN(c2ncc(Cl)cc2Cl)CC1. The quantitative estimate of drug-likeness (QED) is 0.637. The molecule has 0 aliphatic carbocycles. The molecule has 7 nitrogen and oxygen atoms in total. The lowest BCUT2D eigenvalue weighted by Gasteiger charge is -2.35. The lowest BCUT2D eigenvalue weighted by Crippen LogP contribution is -2.50. The zero-order chi connectivity index (χ0) is 20.5. The van der Waals surface area contributed by atoms with Crippen LogP contribution in [0.3, 0.4) is 0 Å². The van der Waals surface area contributed by atoms with E-state index in [1.54, 1.807) is 42.3 Å². The highest BCUT2D eigenvalue weighted by Gasteiger charge is 2.24. The van der Waals surface area contributed by atoms with Gasteiger partial charge in [0.15, 0.2) is 0 Å². The van der Waals surface area contributed by atoms with Crippen LogP contribution < -0.4 is 10.5 Å². The van der Waals surface area contributed by atoms with E-state index in [4.69, 9.17) is 23.2 Å². The molecule has 0 N–H and O–H groups in total. The maximum absolute atomic E-state index is 12.8. The van der Waals surface area contributed by atoms with Crippen molar-refractivity contribution in [3.05, 3.63) is 62.8 Å². The topological polar surface area (TPSA) is 71.3 Å². The summed E-state index contributed by atoms with van der Waals surface area (Å²) >= 11 is 12.1. The molecule has 3 aromatic rings. The Hall–Kier alpha value is -2.64. The van der Waals surface area contributed by atoms with E-state index < -0.39 is 0 Å². The molecular formula is C20H19Cl2N5O2. The molecule has 1 saturated heterocycles. The van der Waals surface area contributed by atoms with Crippen LogP contribution in [-0.2, 0) is 11.3 Å². The van der Waals surface area contributed by atoms with Crippen LogP contribution in [0.25, 0.3) is 10.9 Å². The number of hydrogen-bond donors (Lipinski definition) is 0. The Labute approximate surface area is 177 Å². The second-order valence-electron chi connectivity index (χ2n) is 6.89. The Morgan fingerprint density at radius 3 is 2.59 bits per heavy atom. The zero-order valence-corrected chi connectivity index (χ0v) is 17.3. The molecule has 3 heterocycles. The molecule has 1 aromatic carbocycles. The van der Waals surface area contributed by atoms with E-state index in [9.17, 15) is 9.59 Å². The summed E-state index contributed by atoms with van der Waals surface area (Å²) < 4.78 is 1.44. The highest BCUT2D eigenvalue weighted by Crippen LogP contribution is 2.26. The monoisotopic (exact) mass is 431 g/mol. The summed E-state index contributed by atoms with van der Waals surface area (Å²) in [6.45, 7) is 3.96. The second kappa shape index (κ2) is 8.00. The molecule has 0 atom stereocenters. The van der Waals surface area contributed by atoms with Crippen molar-refractivity contribution < 1.29 is 4.79 Å². The van der Waals surface area contributed by atoms with Gasteiger partial charge < -0.3 is 9.80 Å². The molecule has 1 amide bonds. The lowest BCUT2D eigenvalue weighted by molar-refractivity contribution is -0.132. The summed E-state index contributed by atoms with van der Waals surface area (Å²) in [6.07, 6.45) is 1.56. The normalized spacial score (nSPS) is 14.4. The van der Waals surface area contributed by atoms with Crippen molar-refractivity contribution in [2.75, 3.05) is 31.1 Å². The number of aryl methyl sites for hydroxylation is 1. The first kappa shape index (κ1) is 19.7. The summed E-state index contributed by atoms with van der Waals surface area (Å²) in [4.78, 5) is 38.1. The zero-order valence-electron chi connectivity index (χ0n) is 15.8. The number of para-hydroxylation sites is 1. The molecule has 4 rings (SSSR count). The van der Waals surface area contributed by atoms with Crippen molar-refractivity contribution in [2.45, 2.75) is 13.5 Å². The van der Waals surface area contributed by atoms with Crippen molar-refractivity contribution in [3.63, 3.8) is 0 Å². The van der Waals surface area contributed by atoms with Crippen molar-refractivity contribution in [1.82, 2.24) is 19.4 Å². The van der Waals surface area contributed by atoms with Gasteiger partial charge in [0.05, 0.1) is 20.9 Å². The van der Waals surface area contributed by atoms with E-state index in [1.807, 2.05) is 11.0 Å². The molecule has 0 bridgehead atoms. The minimum Gasteiger partial charge on any atom is -0.352 e. The van der Waals surface area contributed by atoms with Crippen molar-refractivity contribution in [3.8, 4) is 0 Å². The van der Waals surface area contributed by atoms with E-state index >= 15 is 0 Å². The summed E-state index contributed by atoms with van der Waals surface area (Å²) in [7, 11) is 0. The van der Waals surface area contributed by atoms with Gasteiger partial charge in [0.2, 0.25) is 5.91 Å². The maximum atomic E-state index is 12.8. The average molecular weight is 432 g/mol. The van der Waals surface area contributed by atoms with Gasteiger partial charge in [-0.1, -0.05) is 35.3 Å². The number of halogens is 2. The van der Waals surface area contributed by atoms with Crippen LogP contribution in [0.1, 0.15) is 5.82 Å². The number of benzene rings is 1. The first-order valence-electron chi connectivity index (χ1n) is 9.24. The second-order valence-corrected chi connectivity index (χ2v) is 7.74. The Kier molecular flexibility index (Phi) is 5.43. The molecular weight excluding hydrogens is 413 g/mol. The molecule has 0 spiro atoms. The molecule has 9 heteroatoms. The van der Waals surface area contributed by atoms with Crippen molar-refractivity contribution in [1.29, 1.82) is 0 Å². The summed E-state index contributed by atoms with van der Waals surface area (Å²) in [5.74, 6) is 1.08. The molecule has 0 unspecified atom stereocenters. The highest BCUT2D eigenvalue weighted by atomic mass is 35.5. The smallest absolute Gasteiger partial charge is 0.261 e. The van der Waals surface area contributed by atoms with Gasteiger partial charge >= 0.3 is 0 Å². The van der Waals surface area contributed by atoms with E-state index in [2.05, 4.69) is 9.97 Å². The Balaban J connectivity index is 1.47. The van der Waals surface area contributed by atoms with Crippen LogP contribution in [0.15, 0.2) is 41.3 Å². The number of pyridine rings is 1. The molecule has 150 valence electrons. The average Bonchev–Trinajstić information content (AvgIpc) is 2.71. The summed E-state index contributed by atoms with van der Waals surface area (Å²) in [6, 6.07) is 8.82. The summed E-state index contributed by atoms with van der Waals surface area (Å²) in [5.41, 5.74) is 0.442. The van der Waals surface area contributed by atoms with Gasteiger partial charge in [0.1, 0.15) is 18.2 Å². The minimum atomic E-state index is -0.197. The van der Waals surface area contributed by atoms with Crippen molar-refractivity contribution >= 4 is 45.8 Å². The van der Waals surface area contributed by atoms with Gasteiger partial charge in [-0.05, 0) is 25.1 Å². The molecule has 1 aliphatic heterocycles. The third-order valence-corrected chi connectivity index (χ3v) is 5.55. The number of nitrogens with zero attached hydrogens (tertiary/aromatic N) is 5. The van der Waals surface area contributed by atoms with Crippen LogP contribution in [0.2, 0.25) is 10.0 Å². The number of anilines is 1. The van der Waals surface area contributed by atoms with Gasteiger partial charge in [-0.15, -0.1) is 0 Å². The fourth-order valence-corrected chi connectivity index (χ4v) is 4.01. The largest absolute Gasteiger partial charge is 0.352 e. The number of carbonyl (C=O) groups is 1. The minimum absolute atomic E-state index is 0.0253. The molecule has 0 saturated carbocycles. The number of rotatable bonds is 3. The number of aromatic nitrogens is 3. The van der Waals surface area contributed by atoms with Gasteiger partial charge in [-0.25, -0.2) is 9.97 Å². The Morgan fingerprint density at radius 2 is 1.86 bits per heavy atom. The Morgan fingerprint density at radius 1 is 1.14 bits per heavy atom. The first-order chi connectivity index (χ1) is 13.9. The highest BCUT2D eigenvalue weighted by molar-refractivity contribution is 6.36. The maximum Gasteiger partial charge on any atom is 0.261 e. The number of piperazine rings is 1. The van der Waals surface area contributed by atoms with E-state index in [0.717, 1.165) is 0 Å².